The van der Waals surface area contributed by atoms with Gasteiger partial charge < -0.3 is 15.4 Å². The molecule has 0 aliphatic heterocycles. The molecule has 1 unspecified atom stereocenters. The van der Waals surface area contributed by atoms with Gasteiger partial charge in [-0.1, -0.05) is 37.0 Å². The third kappa shape index (κ3) is 2.92. The van der Waals surface area contributed by atoms with Crippen LogP contribution in [0, 0.1) is 0 Å². The Morgan fingerprint density at radius 1 is 1.29 bits per heavy atom. The van der Waals surface area contributed by atoms with Crippen molar-refractivity contribution in [3.63, 3.8) is 0 Å². The topological polar surface area (TPSA) is 85.2 Å². The fourth-order valence-electron chi connectivity index (χ4n) is 1.26. The van der Waals surface area contributed by atoms with E-state index in [9.17, 15) is 0 Å². The Hall–Kier alpha value is -0.760. The van der Waals surface area contributed by atoms with Crippen LogP contribution in [0.4, 0.5) is 0 Å². The van der Waals surface area contributed by atoms with Crippen molar-refractivity contribution in [2.75, 3.05) is 6.61 Å². The summed E-state index contributed by atoms with van der Waals surface area (Å²) in [6.07, 6.45) is 0. The SMILES string of the molecule is NC(CO)c1noc(-c2cc(Br)cc(Br)c2)n1. The van der Waals surface area contributed by atoms with Gasteiger partial charge in [-0.05, 0) is 18.2 Å². The molecular weight excluding hydrogens is 354 g/mol. The first kappa shape index (κ1) is 12.7. The average molecular weight is 363 g/mol. The molecule has 7 heteroatoms. The lowest BCUT2D eigenvalue weighted by molar-refractivity contribution is 0.260. The van der Waals surface area contributed by atoms with E-state index in [1.54, 1.807) is 0 Å². The van der Waals surface area contributed by atoms with Crippen molar-refractivity contribution < 1.29 is 9.63 Å². The zero-order chi connectivity index (χ0) is 12.4. The molecule has 0 saturated carbocycles. The Morgan fingerprint density at radius 2 is 1.94 bits per heavy atom. The van der Waals surface area contributed by atoms with E-state index in [2.05, 4.69) is 42.0 Å². The summed E-state index contributed by atoms with van der Waals surface area (Å²) in [6.45, 7) is -0.221. The largest absolute Gasteiger partial charge is 0.394 e. The van der Waals surface area contributed by atoms with Gasteiger partial charge in [0, 0.05) is 14.5 Å². The maximum absolute atomic E-state index is 8.89. The van der Waals surface area contributed by atoms with Crippen LogP contribution in [-0.4, -0.2) is 21.9 Å². The molecule has 0 amide bonds. The van der Waals surface area contributed by atoms with Gasteiger partial charge in [-0.15, -0.1) is 0 Å². The lowest BCUT2D eigenvalue weighted by Gasteiger charge is -1.99. The molecule has 3 N–H and O–H groups in total. The first-order chi connectivity index (χ1) is 8.10. The smallest absolute Gasteiger partial charge is 0.258 e. The number of rotatable bonds is 3. The number of benzene rings is 1. The minimum absolute atomic E-state index is 0.221. The highest BCUT2D eigenvalue weighted by Crippen LogP contribution is 2.27. The van der Waals surface area contributed by atoms with Crippen molar-refractivity contribution in [3.8, 4) is 11.5 Å². The first-order valence-electron chi connectivity index (χ1n) is 4.76. The Bertz CT molecular complexity index is 510. The minimum Gasteiger partial charge on any atom is -0.394 e. The third-order valence-electron chi connectivity index (χ3n) is 2.08. The van der Waals surface area contributed by atoms with Crippen LogP contribution in [0.5, 0.6) is 0 Å². The van der Waals surface area contributed by atoms with Crippen LogP contribution >= 0.6 is 31.9 Å². The molecular formula is C10H9Br2N3O2. The van der Waals surface area contributed by atoms with Crippen molar-refractivity contribution in [2.24, 2.45) is 5.73 Å². The van der Waals surface area contributed by atoms with E-state index in [-0.39, 0.29) is 6.61 Å². The van der Waals surface area contributed by atoms with Crippen LogP contribution in [-0.2, 0) is 0 Å². The van der Waals surface area contributed by atoms with E-state index >= 15 is 0 Å². The van der Waals surface area contributed by atoms with E-state index in [1.807, 2.05) is 18.2 Å². The van der Waals surface area contributed by atoms with Gasteiger partial charge in [0.1, 0.15) is 0 Å². The maximum Gasteiger partial charge on any atom is 0.258 e. The molecule has 0 saturated heterocycles. The second-order valence-corrected chi connectivity index (χ2v) is 5.24. The van der Waals surface area contributed by atoms with Gasteiger partial charge in [0.15, 0.2) is 5.82 Å². The molecule has 0 radical (unpaired) electrons. The van der Waals surface area contributed by atoms with Crippen molar-refractivity contribution in [1.82, 2.24) is 10.1 Å². The minimum atomic E-state index is -0.622. The third-order valence-corrected chi connectivity index (χ3v) is 3.00. The van der Waals surface area contributed by atoms with Gasteiger partial charge in [-0.25, -0.2) is 0 Å². The van der Waals surface area contributed by atoms with Crippen LogP contribution in [0.1, 0.15) is 11.9 Å². The number of aliphatic hydroxyl groups is 1. The number of aromatic nitrogens is 2. The summed E-state index contributed by atoms with van der Waals surface area (Å²) in [7, 11) is 0. The van der Waals surface area contributed by atoms with Crippen LogP contribution in [0.15, 0.2) is 31.7 Å². The Labute approximate surface area is 114 Å². The standard InChI is InChI=1S/C10H9Br2N3O2/c11-6-1-5(2-7(12)3-6)10-14-9(15-17-10)8(13)4-16/h1-3,8,16H,4,13H2. The van der Waals surface area contributed by atoms with Gasteiger partial charge in [0.25, 0.3) is 5.89 Å². The Kier molecular flexibility index (Phi) is 3.93. The van der Waals surface area contributed by atoms with E-state index < -0.39 is 6.04 Å². The highest BCUT2D eigenvalue weighted by Gasteiger charge is 2.14. The van der Waals surface area contributed by atoms with Crippen molar-refractivity contribution in [3.05, 3.63) is 33.0 Å². The number of halogens is 2. The van der Waals surface area contributed by atoms with Gasteiger partial charge in [0.2, 0.25) is 0 Å². The molecule has 0 fully saturated rings. The van der Waals surface area contributed by atoms with E-state index in [4.69, 9.17) is 15.4 Å². The lowest BCUT2D eigenvalue weighted by atomic mass is 10.2. The number of nitrogens with two attached hydrogens (primary N) is 1. The fourth-order valence-corrected chi connectivity index (χ4v) is 2.56. The van der Waals surface area contributed by atoms with Crippen LogP contribution in [0.2, 0.25) is 0 Å². The Balaban J connectivity index is 2.36. The number of hydrogen-bond acceptors (Lipinski definition) is 5. The van der Waals surface area contributed by atoms with Crippen molar-refractivity contribution in [2.45, 2.75) is 6.04 Å². The highest BCUT2D eigenvalue weighted by atomic mass is 79.9. The molecule has 17 heavy (non-hydrogen) atoms. The van der Waals surface area contributed by atoms with Crippen LogP contribution < -0.4 is 5.73 Å². The zero-order valence-electron chi connectivity index (χ0n) is 8.60. The highest BCUT2D eigenvalue weighted by molar-refractivity contribution is 9.11. The number of hydrogen-bond donors (Lipinski definition) is 2. The number of aliphatic hydroxyl groups excluding tert-OH is 1. The van der Waals surface area contributed by atoms with Gasteiger partial charge in [0.05, 0.1) is 12.6 Å². The average Bonchev–Trinajstić information content (AvgIpc) is 2.76. The lowest BCUT2D eigenvalue weighted by Crippen LogP contribution is -2.15. The van der Waals surface area contributed by atoms with E-state index in [1.165, 1.54) is 0 Å². The molecule has 0 aliphatic carbocycles. The molecule has 1 aromatic carbocycles. The molecule has 0 aliphatic rings. The van der Waals surface area contributed by atoms with E-state index in [0.29, 0.717) is 11.7 Å². The second-order valence-electron chi connectivity index (χ2n) is 3.40. The van der Waals surface area contributed by atoms with Gasteiger partial charge in [-0.3, -0.25) is 0 Å². The molecule has 2 aromatic rings. The van der Waals surface area contributed by atoms with Crippen LogP contribution in [0.25, 0.3) is 11.5 Å². The summed E-state index contributed by atoms with van der Waals surface area (Å²) in [5.41, 5.74) is 6.37. The Morgan fingerprint density at radius 3 is 2.53 bits per heavy atom. The molecule has 0 bridgehead atoms. The molecule has 2 rings (SSSR count). The summed E-state index contributed by atoms with van der Waals surface area (Å²) < 4.78 is 6.88. The molecule has 0 spiro atoms. The zero-order valence-corrected chi connectivity index (χ0v) is 11.8. The predicted molar refractivity (Wildman–Crippen MR) is 69.1 cm³/mol. The predicted octanol–water partition coefficient (Wildman–Crippen LogP) is 2.25. The quantitative estimate of drug-likeness (QED) is 0.874. The monoisotopic (exact) mass is 361 g/mol. The fraction of sp³-hybridized carbons (Fsp3) is 0.200. The normalized spacial score (nSPS) is 12.7. The summed E-state index contributed by atoms with van der Waals surface area (Å²) >= 11 is 6.75. The first-order valence-corrected chi connectivity index (χ1v) is 6.35. The summed E-state index contributed by atoms with van der Waals surface area (Å²) in [4.78, 5) is 4.13. The van der Waals surface area contributed by atoms with Crippen LogP contribution in [0.3, 0.4) is 0 Å². The molecule has 1 atom stereocenters. The van der Waals surface area contributed by atoms with Crippen molar-refractivity contribution >= 4 is 31.9 Å². The van der Waals surface area contributed by atoms with Crippen molar-refractivity contribution in [1.29, 1.82) is 0 Å². The van der Waals surface area contributed by atoms with Gasteiger partial charge in [-0.2, -0.15) is 4.98 Å². The second kappa shape index (κ2) is 5.26. The summed E-state index contributed by atoms with van der Waals surface area (Å²) in [6, 6.07) is 4.99. The maximum atomic E-state index is 8.89. The molecule has 5 nitrogen and oxygen atoms in total. The molecule has 90 valence electrons. The van der Waals surface area contributed by atoms with E-state index in [0.717, 1.165) is 14.5 Å². The summed E-state index contributed by atoms with van der Waals surface area (Å²) in [5, 5.41) is 12.6. The van der Waals surface area contributed by atoms with Gasteiger partial charge >= 0.3 is 0 Å². The summed E-state index contributed by atoms with van der Waals surface area (Å²) in [5.74, 6) is 0.657. The molecule has 1 aromatic heterocycles. The molecule has 1 heterocycles. The number of nitrogens with zero attached hydrogens (tertiary/aromatic N) is 2.